The lowest BCUT2D eigenvalue weighted by molar-refractivity contribution is 0.102. The van der Waals surface area contributed by atoms with Crippen LogP contribution in [0.1, 0.15) is 34.1 Å². The van der Waals surface area contributed by atoms with Crippen molar-refractivity contribution in [1.29, 1.82) is 0 Å². The number of carbonyl (C=O) groups excluding carboxylic acids is 1. The Kier molecular flexibility index (Phi) is 4.16. The van der Waals surface area contributed by atoms with Gasteiger partial charge in [0.25, 0.3) is 5.91 Å². The molecule has 0 spiro atoms. The number of rotatable bonds is 3. The largest absolute Gasteiger partial charge is 0.319 e. The average Bonchev–Trinajstić information content (AvgIpc) is 3.05. The molecule has 1 aliphatic heterocycles. The van der Waals surface area contributed by atoms with Gasteiger partial charge < -0.3 is 10.6 Å². The molecular weight excluding hydrogens is 333 g/mol. The smallest absolute Gasteiger partial charge is 0.257 e. The quantitative estimate of drug-likeness (QED) is 0.759. The first kappa shape index (κ1) is 16.7. The molecule has 0 bridgehead atoms. The van der Waals surface area contributed by atoms with Crippen molar-refractivity contribution in [3.05, 3.63) is 52.6 Å². The summed E-state index contributed by atoms with van der Waals surface area (Å²) in [5, 5.41) is 11.0. The lowest BCUT2D eigenvalue weighted by Crippen LogP contribution is -2.25. The number of halogens is 1. The Morgan fingerprint density at radius 2 is 2.27 bits per heavy atom. The van der Waals surface area contributed by atoms with Crippen LogP contribution in [0.25, 0.3) is 11.0 Å². The Morgan fingerprint density at radius 3 is 3.08 bits per heavy atom. The molecule has 1 aliphatic rings. The average molecular weight is 353 g/mol. The normalized spacial score (nSPS) is 13.7. The first-order valence-corrected chi connectivity index (χ1v) is 8.74. The van der Waals surface area contributed by atoms with Gasteiger partial charge in [-0.25, -0.2) is 14.1 Å². The topological polar surface area (TPSA) is 71.8 Å². The zero-order valence-corrected chi connectivity index (χ0v) is 14.8. The van der Waals surface area contributed by atoms with Crippen molar-refractivity contribution in [3.8, 4) is 0 Å². The third-order valence-corrected chi connectivity index (χ3v) is 4.80. The second kappa shape index (κ2) is 6.49. The Bertz CT molecular complexity index is 1010. The zero-order chi connectivity index (χ0) is 18.3. The van der Waals surface area contributed by atoms with Gasteiger partial charge in [-0.15, -0.1) is 0 Å². The van der Waals surface area contributed by atoms with Gasteiger partial charge in [-0.1, -0.05) is 6.07 Å². The van der Waals surface area contributed by atoms with E-state index in [1.54, 1.807) is 29.9 Å². The van der Waals surface area contributed by atoms with E-state index in [1.807, 2.05) is 13.0 Å². The molecule has 0 atom stereocenters. The maximum atomic E-state index is 14.8. The second-order valence-corrected chi connectivity index (χ2v) is 6.44. The van der Waals surface area contributed by atoms with E-state index < -0.39 is 0 Å². The molecule has 0 saturated carbocycles. The molecule has 26 heavy (non-hydrogen) atoms. The van der Waals surface area contributed by atoms with Crippen molar-refractivity contribution in [2.45, 2.75) is 33.4 Å². The highest BCUT2D eigenvalue weighted by molar-refractivity contribution is 6.06. The number of nitrogens with zero attached hydrogens (tertiary/aromatic N) is 3. The van der Waals surface area contributed by atoms with Crippen LogP contribution in [0.15, 0.2) is 24.4 Å². The Morgan fingerprint density at radius 1 is 1.42 bits per heavy atom. The van der Waals surface area contributed by atoms with Gasteiger partial charge in [-0.2, -0.15) is 5.10 Å². The van der Waals surface area contributed by atoms with Crippen molar-refractivity contribution in [2.24, 2.45) is 0 Å². The van der Waals surface area contributed by atoms with E-state index in [2.05, 4.69) is 20.7 Å². The van der Waals surface area contributed by atoms with Crippen LogP contribution in [-0.4, -0.2) is 27.2 Å². The molecule has 7 heteroatoms. The van der Waals surface area contributed by atoms with E-state index in [4.69, 9.17) is 0 Å². The summed E-state index contributed by atoms with van der Waals surface area (Å²) in [6, 6.07) is 5.24. The van der Waals surface area contributed by atoms with Crippen molar-refractivity contribution < 1.29 is 9.18 Å². The van der Waals surface area contributed by atoms with Crippen molar-refractivity contribution in [2.75, 3.05) is 11.9 Å². The first-order chi connectivity index (χ1) is 12.6. The molecule has 0 aliphatic carbocycles. The number of amides is 1. The molecule has 0 unspecified atom stereocenters. The van der Waals surface area contributed by atoms with Gasteiger partial charge in [-0.3, -0.25) is 4.79 Å². The molecule has 2 N–H and O–H groups in total. The molecule has 3 aromatic rings. The number of carbonyl (C=O) groups is 1. The zero-order valence-electron chi connectivity index (χ0n) is 14.8. The number of anilines is 1. The van der Waals surface area contributed by atoms with Crippen LogP contribution in [0.2, 0.25) is 0 Å². The van der Waals surface area contributed by atoms with E-state index in [0.29, 0.717) is 36.3 Å². The van der Waals surface area contributed by atoms with Crippen LogP contribution in [0, 0.1) is 12.7 Å². The van der Waals surface area contributed by atoms with Crippen molar-refractivity contribution in [3.63, 3.8) is 0 Å². The summed E-state index contributed by atoms with van der Waals surface area (Å²) in [4.78, 5) is 17.2. The second-order valence-electron chi connectivity index (χ2n) is 6.44. The van der Waals surface area contributed by atoms with Crippen molar-refractivity contribution in [1.82, 2.24) is 20.1 Å². The van der Waals surface area contributed by atoms with E-state index in [1.165, 1.54) is 0 Å². The van der Waals surface area contributed by atoms with Gasteiger partial charge >= 0.3 is 0 Å². The highest BCUT2D eigenvalue weighted by atomic mass is 19.1. The predicted octanol–water partition coefficient (Wildman–Crippen LogP) is 2.80. The van der Waals surface area contributed by atoms with Gasteiger partial charge in [0.2, 0.25) is 0 Å². The fraction of sp³-hybridized carbons (Fsp3) is 0.316. The van der Waals surface area contributed by atoms with E-state index in [-0.39, 0.29) is 17.4 Å². The SMILES string of the molecule is CCn1ncc2cc(C(=O)Nc3ccc4c(c3F)CCNC4)c(C)nc21. The minimum absolute atomic E-state index is 0.208. The molecular formula is C19H20FN5O. The number of aromatic nitrogens is 3. The first-order valence-electron chi connectivity index (χ1n) is 8.74. The number of aryl methyl sites for hydroxylation is 2. The van der Waals surface area contributed by atoms with Crippen LogP contribution in [-0.2, 0) is 19.5 Å². The molecule has 6 nitrogen and oxygen atoms in total. The Balaban J connectivity index is 1.66. The minimum Gasteiger partial charge on any atom is -0.319 e. The third kappa shape index (κ3) is 2.74. The number of hydrogen-bond donors (Lipinski definition) is 2. The van der Waals surface area contributed by atoms with Gasteiger partial charge in [0.1, 0.15) is 5.82 Å². The molecule has 2 aromatic heterocycles. The summed E-state index contributed by atoms with van der Waals surface area (Å²) < 4.78 is 16.5. The molecule has 4 rings (SSSR count). The Labute approximate surface area is 150 Å². The van der Waals surface area contributed by atoms with Gasteiger partial charge in [0.15, 0.2) is 5.65 Å². The lowest BCUT2D eigenvalue weighted by atomic mass is 9.99. The van der Waals surface area contributed by atoms with E-state index >= 15 is 0 Å². The fourth-order valence-corrected chi connectivity index (χ4v) is 3.38. The Hall–Kier alpha value is -2.80. The molecule has 134 valence electrons. The summed E-state index contributed by atoms with van der Waals surface area (Å²) in [5.74, 6) is -0.711. The maximum absolute atomic E-state index is 14.8. The van der Waals surface area contributed by atoms with Crippen LogP contribution < -0.4 is 10.6 Å². The molecule has 0 fully saturated rings. The van der Waals surface area contributed by atoms with Gasteiger partial charge in [0.05, 0.1) is 23.1 Å². The van der Waals surface area contributed by atoms with Gasteiger partial charge in [-0.05, 0) is 50.1 Å². The maximum Gasteiger partial charge on any atom is 0.257 e. The predicted molar refractivity (Wildman–Crippen MR) is 97.7 cm³/mol. The summed E-state index contributed by atoms with van der Waals surface area (Å²) in [6.45, 7) is 5.86. The lowest BCUT2D eigenvalue weighted by Gasteiger charge is -2.19. The summed E-state index contributed by atoms with van der Waals surface area (Å²) >= 11 is 0. The molecule has 0 saturated heterocycles. The van der Waals surface area contributed by atoms with Crippen LogP contribution in [0.4, 0.5) is 10.1 Å². The summed E-state index contributed by atoms with van der Waals surface area (Å²) in [5.41, 5.74) is 3.59. The third-order valence-electron chi connectivity index (χ3n) is 4.80. The van der Waals surface area contributed by atoms with Crippen LogP contribution in [0.3, 0.4) is 0 Å². The van der Waals surface area contributed by atoms with E-state index in [9.17, 15) is 9.18 Å². The molecule has 3 heterocycles. The highest BCUT2D eigenvalue weighted by Gasteiger charge is 2.19. The standard InChI is InChI=1S/C19H20FN5O/c1-3-25-18-13(10-22-25)8-15(11(2)23-18)19(26)24-16-5-4-12-9-21-7-6-14(12)17(16)20/h4-5,8,10,21H,3,6-7,9H2,1-2H3,(H,24,26). The summed E-state index contributed by atoms with van der Waals surface area (Å²) in [7, 11) is 0. The monoisotopic (exact) mass is 353 g/mol. The van der Waals surface area contributed by atoms with Crippen molar-refractivity contribution >= 4 is 22.6 Å². The minimum atomic E-state index is -0.367. The number of benzene rings is 1. The molecule has 1 aromatic carbocycles. The summed E-state index contributed by atoms with van der Waals surface area (Å²) in [6.07, 6.45) is 2.31. The molecule has 1 amide bonds. The fourth-order valence-electron chi connectivity index (χ4n) is 3.38. The van der Waals surface area contributed by atoms with Crippen LogP contribution >= 0.6 is 0 Å². The molecule has 0 radical (unpaired) electrons. The van der Waals surface area contributed by atoms with E-state index in [0.717, 1.165) is 23.1 Å². The number of fused-ring (bicyclic) bond motifs is 2. The van der Waals surface area contributed by atoms with Gasteiger partial charge in [0, 0.05) is 18.5 Å². The van der Waals surface area contributed by atoms with Crippen LogP contribution in [0.5, 0.6) is 0 Å². The number of pyridine rings is 1. The number of nitrogens with one attached hydrogen (secondary N) is 2. The number of hydrogen-bond acceptors (Lipinski definition) is 4. The highest BCUT2D eigenvalue weighted by Crippen LogP contribution is 2.25.